The summed E-state index contributed by atoms with van der Waals surface area (Å²) in [6.45, 7) is 7.70. The zero-order valence-corrected chi connectivity index (χ0v) is 20.9. The third kappa shape index (κ3) is 7.04. The van der Waals surface area contributed by atoms with Crippen molar-refractivity contribution in [2.45, 2.75) is 26.7 Å². The smallest absolute Gasteiger partial charge is 0.255 e. The van der Waals surface area contributed by atoms with E-state index in [1.807, 2.05) is 41.3 Å². The van der Waals surface area contributed by atoms with E-state index in [4.69, 9.17) is 4.74 Å². The molecule has 0 radical (unpaired) electrons. The van der Waals surface area contributed by atoms with Crippen LogP contribution in [-0.4, -0.2) is 59.5 Å². The maximum atomic E-state index is 12.8. The van der Waals surface area contributed by atoms with Crippen molar-refractivity contribution in [2.24, 2.45) is 5.92 Å². The standard InChI is InChI=1S/C28H33N5O3/c1-21(2)12-19-36-25-10-6-23(7-11-25)27(35)31-24-8-4-22(5-9-24)20-26(34)32-15-17-33(18-16-32)28-29-13-3-14-30-28/h3-11,13-14,21H,12,15-20H2,1-2H3,(H,31,35). The van der Waals surface area contributed by atoms with Gasteiger partial charge in [0.2, 0.25) is 11.9 Å². The Kier molecular flexibility index (Phi) is 8.49. The number of nitrogens with one attached hydrogen (secondary N) is 1. The number of anilines is 2. The maximum absolute atomic E-state index is 12.8. The molecule has 2 amide bonds. The van der Waals surface area contributed by atoms with Gasteiger partial charge in [-0.15, -0.1) is 0 Å². The molecule has 2 aromatic carbocycles. The molecule has 1 aliphatic heterocycles. The Balaban J connectivity index is 1.23. The van der Waals surface area contributed by atoms with Crippen LogP contribution in [0.5, 0.6) is 5.75 Å². The number of ether oxygens (including phenoxy) is 1. The lowest BCUT2D eigenvalue weighted by molar-refractivity contribution is -0.130. The van der Waals surface area contributed by atoms with Crippen LogP contribution in [0.4, 0.5) is 11.6 Å². The Morgan fingerprint density at radius 2 is 1.61 bits per heavy atom. The van der Waals surface area contributed by atoms with Crippen LogP contribution in [0, 0.1) is 5.92 Å². The number of hydrogen-bond acceptors (Lipinski definition) is 6. The molecule has 1 fully saturated rings. The van der Waals surface area contributed by atoms with Crippen molar-refractivity contribution in [1.29, 1.82) is 0 Å². The van der Waals surface area contributed by atoms with Crippen molar-refractivity contribution in [3.8, 4) is 5.75 Å². The second-order valence-electron chi connectivity index (χ2n) is 9.30. The molecule has 0 spiro atoms. The van der Waals surface area contributed by atoms with E-state index < -0.39 is 0 Å². The van der Waals surface area contributed by atoms with Crippen LogP contribution in [0.15, 0.2) is 67.0 Å². The zero-order valence-electron chi connectivity index (χ0n) is 20.9. The average Bonchev–Trinajstić information content (AvgIpc) is 2.90. The van der Waals surface area contributed by atoms with Gasteiger partial charge in [-0.05, 0) is 60.4 Å². The third-order valence-electron chi connectivity index (χ3n) is 6.11. The van der Waals surface area contributed by atoms with E-state index in [1.54, 1.807) is 30.6 Å². The lowest BCUT2D eigenvalue weighted by Gasteiger charge is -2.34. The Bertz CT molecular complexity index is 1130. The lowest BCUT2D eigenvalue weighted by atomic mass is 10.1. The molecule has 4 rings (SSSR count). The molecule has 2 heterocycles. The first kappa shape index (κ1) is 25.2. The van der Waals surface area contributed by atoms with Crippen LogP contribution in [0.1, 0.15) is 36.2 Å². The fourth-order valence-electron chi connectivity index (χ4n) is 3.92. The third-order valence-corrected chi connectivity index (χ3v) is 6.11. The number of carbonyl (C=O) groups is 2. The Morgan fingerprint density at radius 3 is 2.25 bits per heavy atom. The molecule has 1 aromatic heterocycles. The molecule has 0 saturated carbocycles. The molecule has 8 nitrogen and oxygen atoms in total. The quantitative estimate of drug-likeness (QED) is 0.490. The number of amides is 2. The summed E-state index contributed by atoms with van der Waals surface area (Å²) >= 11 is 0. The van der Waals surface area contributed by atoms with Gasteiger partial charge >= 0.3 is 0 Å². The van der Waals surface area contributed by atoms with Gasteiger partial charge in [0.15, 0.2) is 0 Å². The number of nitrogens with zero attached hydrogens (tertiary/aromatic N) is 4. The van der Waals surface area contributed by atoms with Crippen LogP contribution in [0.3, 0.4) is 0 Å². The fourth-order valence-corrected chi connectivity index (χ4v) is 3.92. The van der Waals surface area contributed by atoms with Gasteiger partial charge in [0, 0.05) is 49.8 Å². The van der Waals surface area contributed by atoms with Crippen LogP contribution in [0.2, 0.25) is 0 Å². The summed E-state index contributed by atoms with van der Waals surface area (Å²) in [5.74, 6) is 1.96. The highest BCUT2D eigenvalue weighted by molar-refractivity contribution is 6.04. The normalized spacial score (nSPS) is 13.5. The molecule has 1 N–H and O–H groups in total. The maximum Gasteiger partial charge on any atom is 0.255 e. The van der Waals surface area contributed by atoms with Crippen molar-refractivity contribution in [3.63, 3.8) is 0 Å². The molecule has 0 aliphatic carbocycles. The second-order valence-corrected chi connectivity index (χ2v) is 9.30. The minimum Gasteiger partial charge on any atom is -0.494 e. The lowest BCUT2D eigenvalue weighted by Crippen LogP contribution is -2.49. The number of rotatable bonds is 9. The molecular formula is C28H33N5O3. The van der Waals surface area contributed by atoms with Crippen molar-refractivity contribution >= 4 is 23.5 Å². The highest BCUT2D eigenvalue weighted by atomic mass is 16.5. The SMILES string of the molecule is CC(C)CCOc1ccc(C(=O)Nc2ccc(CC(=O)N3CCN(c4ncccn4)CC3)cc2)cc1. The number of carbonyl (C=O) groups excluding carboxylic acids is 2. The largest absolute Gasteiger partial charge is 0.494 e. The first-order valence-corrected chi connectivity index (χ1v) is 12.4. The van der Waals surface area contributed by atoms with Gasteiger partial charge in [0.05, 0.1) is 13.0 Å². The van der Waals surface area contributed by atoms with Gasteiger partial charge < -0.3 is 19.9 Å². The Morgan fingerprint density at radius 1 is 0.944 bits per heavy atom. The Hall–Kier alpha value is -3.94. The van der Waals surface area contributed by atoms with E-state index in [0.717, 1.165) is 17.7 Å². The topological polar surface area (TPSA) is 87.7 Å². The summed E-state index contributed by atoms with van der Waals surface area (Å²) < 4.78 is 5.71. The van der Waals surface area contributed by atoms with E-state index in [2.05, 4.69) is 34.0 Å². The van der Waals surface area contributed by atoms with E-state index in [-0.39, 0.29) is 11.8 Å². The molecule has 188 valence electrons. The summed E-state index contributed by atoms with van der Waals surface area (Å²) in [6.07, 6.45) is 4.78. The van der Waals surface area contributed by atoms with E-state index in [1.165, 1.54) is 0 Å². The number of piperazine rings is 1. The molecule has 1 aliphatic rings. The number of benzene rings is 2. The summed E-state index contributed by atoms with van der Waals surface area (Å²) in [6, 6.07) is 16.4. The Labute approximate surface area is 212 Å². The molecule has 1 saturated heterocycles. The number of hydrogen-bond donors (Lipinski definition) is 1. The van der Waals surface area contributed by atoms with E-state index in [0.29, 0.717) is 62.3 Å². The van der Waals surface area contributed by atoms with Crippen LogP contribution >= 0.6 is 0 Å². The predicted molar refractivity (Wildman–Crippen MR) is 140 cm³/mol. The van der Waals surface area contributed by atoms with Gasteiger partial charge in [-0.1, -0.05) is 26.0 Å². The van der Waals surface area contributed by atoms with Crippen LogP contribution in [-0.2, 0) is 11.2 Å². The minimum atomic E-state index is -0.187. The molecular weight excluding hydrogens is 454 g/mol. The van der Waals surface area contributed by atoms with Gasteiger partial charge in [0.25, 0.3) is 5.91 Å². The van der Waals surface area contributed by atoms with Crippen molar-refractivity contribution in [2.75, 3.05) is 43.0 Å². The van der Waals surface area contributed by atoms with Crippen LogP contribution in [0.25, 0.3) is 0 Å². The molecule has 0 bridgehead atoms. The minimum absolute atomic E-state index is 0.0936. The molecule has 0 atom stereocenters. The van der Waals surface area contributed by atoms with Crippen molar-refractivity contribution < 1.29 is 14.3 Å². The van der Waals surface area contributed by atoms with Crippen molar-refractivity contribution in [1.82, 2.24) is 14.9 Å². The first-order valence-electron chi connectivity index (χ1n) is 12.4. The summed E-state index contributed by atoms with van der Waals surface area (Å²) in [5.41, 5.74) is 2.16. The summed E-state index contributed by atoms with van der Waals surface area (Å²) in [5, 5.41) is 2.91. The zero-order chi connectivity index (χ0) is 25.3. The summed E-state index contributed by atoms with van der Waals surface area (Å²) in [7, 11) is 0. The van der Waals surface area contributed by atoms with E-state index >= 15 is 0 Å². The molecule has 8 heteroatoms. The highest BCUT2D eigenvalue weighted by Crippen LogP contribution is 2.17. The fraction of sp³-hybridized carbons (Fsp3) is 0.357. The van der Waals surface area contributed by atoms with Crippen molar-refractivity contribution in [3.05, 3.63) is 78.1 Å². The second kappa shape index (κ2) is 12.2. The van der Waals surface area contributed by atoms with Gasteiger partial charge in [-0.3, -0.25) is 9.59 Å². The van der Waals surface area contributed by atoms with E-state index in [9.17, 15) is 9.59 Å². The monoisotopic (exact) mass is 487 g/mol. The average molecular weight is 488 g/mol. The predicted octanol–water partition coefficient (Wildman–Crippen LogP) is 4.05. The molecule has 0 unspecified atom stereocenters. The van der Waals surface area contributed by atoms with Gasteiger partial charge in [-0.25, -0.2) is 9.97 Å². The summed E-state index contributed by atoms with van der Waals surface area (Å²) in [4.78, 5) is 37.9. The molecule has 3 aromatic rings. The molecule has 36 heavy (non-hydrogen) atoms. The van der Waals surface area contributed by atoms with Gasteiger partial charge in [0.1, 0.15) is 5.75 Å². The van der Waals surface area contributed by atoms with Gasteiger partial charge in [-0.2, -0.15) is 0 Å². The number of aromatic nitrogens is 2. The first-order chi connectivity index (χ1) is 17.5. The van der Waals surface area contributed by atoms with Crippen LogP contribution < -0.4 is 15.0 Å². The highest BCUT2D eigenvalue weighted by Gasteiger charge is 2.22.